The maximum atomic E-state index is 13.2. The number of nitrogens with one attached hydrogen (secondary N) is 1. The first-order chi connectivity index (χ1) is 13.3. The van der Waals surface area contributed by atoms with E-state index in [1.165, 1.54) is 6.92 Å². The molecule has 0 bridgehead atoms. The topological polar surface area (TPSA) is 64.6 Å². The molecule has 1 aliphatic carbocycles. The van der Waals surface area contributed by atoms with Crippen molar-refractivity contribution in [2.75, 3.05) is 7.11 Å². The first-order valence-electron chi connectivity index (χ1n) is 9.95. The van der Waals surface area contributed by atoms with Gasteiger partial charge in [0.25, 0.3) is 5.91 Å². The largest absolute Gasteiger partial charge is 0.428 e. The molecule has 3 rings (SSSR count). The van der Waals surface area contributed by atoms with Gasteiger partial charge in [-0.2, -0.15) is 0 Å². The summed E-state index contributed by atoms with van der Waals surface area (Å²) in [7, 11) is 1.71. The van der Waals surface area contributed by atoms with Crippen LogP contribution < -0.4 is 5.32 Å². The number of hydrogen-bond donors (Lipinski definition) is 1. The van der Waals surface area contributed by atoms with Gasteiger partial charge in [-0.15, -0.1) is 0 Å². The summed E-state index contributed by atoms with van der Waals surface area (Å²) in [5, 5.41) is 3.81. The number of hydrogen-bond acceptors (Lipinski definition) is 4. The molecule has 6 heteroatoms. The number of ether oxygens (including phenoxy) is 2. The molecule has 1 aromatic carbocycles. The van der Waals surface area contributed by atoms with E-state index < -0.39 is 11.5 Å². The lowest BCUT2D eigenvalue weighted by atomic mass is 9.78. The maximum absolute atomic E-state index is 13.2. The molecule has 0 atom stereocenters. The molecule has 2 aliphatic rings. The van der Waals surface area contributed by atoms with Crippen LogP contribution in [0.2, 0.25) is 5.02 Å². The van der Waals surface area contributed by atoms with Gasteiger partial charge in [0.1, 0.15) is 5.76 Å². The number of amides is 1. The van der Waals surface area contributed by atoms with E-state index >= 15 is 0 Å². The Labute approximate surface area is 171 Å². The van der Waals surface area contributed by atoms with Gasteiger partial charge in [-0.25, -0.2) is 0 Å². The second-order valence-electron chi connectivity index (χ2n) is 7.58. The number of benzene rings is 1. The van der Waals surface area contributed by atoms with Crippen molar-refractivity contribution < 1.29 is 19.1 Å². The molecule has 1 N–H and O–H groups in total. The van der Waals surface area contributed by atoms with Crippen molar-refractivity contribution >= 4 is 29.1 Å². The zero-order chi connectivity index (χ0) is 20.5. The van der Waals surface area contributed by atoms with E-state index in [1.807, 2.05) is 26.0 Å². The average molecular weight is 406 g/mol. The summed E-state index contributed by atoms with van der Waals surface area (Å²) in [6.45, 7) is 5.45. The molecule has 1 saturated carbocycles. The third-order valence-corrected chi connectivity index (χ3v) is 6.10. The fraction of sp³-hybridized carbons (Fsp3) is 0.545. The lowest BCUT2D eigenvalue weighted by molar-refractivity contribution is -0.138. The van der Waals surface area contributed by atoms with Crippen LogP contribution in [-0.4, -0.2) is 30.6 Å². The summed E-state index contributed by atoms with van der Waals surface area (Å²) >= 11 is 6.30. The molecule has 0 unspecified atom stereocenters. The Hall–Kier alpha value is -1.85. The minimum atomic E-state index is -0.650. The molecular weight excluding hydrogens is 378 g/mol. The normalized spacial score (nSPS) is 24.6. The predicted molar refractivity (Wildman–Crippen MR) is 109 cm³/mol. The summed E-state index contributed by atoms with van der Waals surface area (Å²) in [6, 6.07) is 3.79. The van der Waals surface area contributed by atoms with Crippen LogP contribution in [0.15, 0.2) is 17.9 Å². The third kappa shape index (κ3) is 3.70. The second-order valence-corrected chi connectivity index (χ2v) is 8.01. The molecule has 1 amide bonds. The highest BCUT2D eigenvalue weighted by Gasteiger charge is 2.50. The lowest BCUT2D eigenvalue weighted by Gasteiger charge is -2.37. The van der Waals surface area contributed by atoms with Gasteiger partial charge in [-0.3, -0.25) is 9.59 Å². The highest BCUT2D eigenvalue weighted by Crippen LogP contribution is 2.45. The summed E-state index contributed by atoms with van der Waals surface area (Å²) in [6.07, 6.45) is 4.59. The zero-order valence-electron chi connectivity index (χ0n) is 17.0. The maximum Gasteiger partial charge on any atom is 0.307 e. The van der Waals surface area contributed by atoms with E-state index in [0.29, 0.717) is 29.2 Å². The van der Waals surface area contributed by atoms with Crippen LogP contribution in [0.3, 0.4) is 0 Å². The van der Waals surface area contributed by atoms with E-state index in [4.69, 9.17) is 21.1 Å². The van der Waals surface area contributed by atoms with Crippen LogP contribution in [-0.2, 0) is 31.9 Å². The van der Waals surface area contributed by atoms with Gasteiger partial charge in [-0.1, -0.05) is 25.4 Å². The molecule has 1 spiro atoms. The minimum Gasteiger partial charge on any atom is -0.428 e. The second kappa shape index (κ2) is 8.26. The van der Waals surface area contributed by atoms with Gasteiger partial charge in [-0.05, 0) is 67.3 Å². The highest BCUT2D eigenvalue weighted by molar-refractivity contribution is 6.31. The number of aryl methyl sites for hydroxylation is 2. The fourth-order valence-corrected chi connectivity index (χ4v) is 4.74. The number of carbonyl (C=O) groups excluding carboxylic acids is 2. The predicted octanol–water partition coefficient (Wildman–Crippen LogP) is 4.20. The van der Waals surface area contributed by atoms with E-state index in [9.17, 15) is 9.59 Å². The lowest BCUT2D eigenvalue weighted by Crippen LogP contribution is -2.49. The molecule has 5 nitrogen and oxygen atoms in total. The molecule has 1 fully saturated rings. The molecule has 152 valence electrons. The van der Waals surface area contributed by atoms with Crippen molar-refractivity contribution in [1.82, 2.24) is 5.32 Å². The van der Waals surface area contributed by atoms with Gasteiger partial charge in [0.2, 0.25) is 0 Å². The van der Waals surface area contributed by atoms with Crippen molar-refractivity contribution in [3.63, 3.8) is 0 Å². The van der Waals surface area contributed by atoms with Gasteiger partial charge < -0.3 is 14.8 Å². The van der Waals surface area contributed by atoms with Crippen molar-refractivity contribution in [3.05, 3.63) is 39.6 Å². The molecule has 1 aliphatic heterocycles. The molecule has 0 saturated heterocycles. The summed E-state index contributed by atoms with van der Waals surface area (Å²) in [4.78, 5) is 25.1. The van der Waals surface area contributed by atoms with Crippen LogP contribution in [0.1, 0.15) is 63.1 Å². The number of halogens is 1. The van der Waals surface area contributed by atoms with Gasteiger partial charge in [0.15, 0.2) is 0 Å². The average Bonchev–Trinajstić information content (AvgIpc) is 2.92. The summed E-state index contributed by atoms with van der Waals surface area (Å²) in [5.74, 6) is -0.132. The number of carbonyl (C=O) groups is 2. The fourth-order valence-electron chi connectivity index (χ4n) is 4.47. The van der Waals surface area contributed by atoms with Crippen LogP contribution in [0, 0.1) is 0 Å². The van der Waals surface area contributed by atoms with Crippen LogP contribution in [0.25, 0.3) is 5.57 Å². The quantitative estimate of drug-likeness (QED) is 0.746. The first-order valence-corrected chi connectivity index (χ1v) is 10.3. The van der Waals surface area contributed by atoms with Crippen LogP contribution >= 0.6 is 11.6 Å². The van der Waals surface area contributed by atoms with E-state index in [-0.39, 0.29) is 12.0 Å². The summed E-state index contributed by atoms with van der Waals surface area (Å²) in [5.41, 5.74) is 2.66. The van der Waals surface area contributed by atoms with Crippen LogP contribution in [0.4, 0.5) is 0 Å². The molecule has 0 radical (unpaired) electrons. The molecule has 1 heterocycles. The van der Waals surface area contributed by atoms with Gasteiger partial charge in [0.05, 0.1) is 17.2 Å². The zero-order valence-corrected chi connectivity index (χ0v) is 17.7. The smallest absolute Gasteiger partial charge is 0.307 e. The Morgan fingerprint density at radius 2 is 1.79 bits per heavy atom. The van der Waals surface area contributed by atoms with E-state index in [0.717, 1.165) is 42.4 Å². The Balaban J connectivity index is 2.20. The number of rotatable bonds is 5. The van der Waals surface area contributed by atoms with Crippen molar-refractivity contribution in [2.45, 2.75) is 70.9 Å². The minimum absolute atomic E-state index is 0.165. The molecule has 28 heavy (non-hydrogen) atoms. The Kier molecular flexibility index (Phi) is 6.15. The first kappa shape index (κ1) is 20.9. The van der Waals surface area contributed by atoms with Gasteiger partial charge in [0, 0.05) is 19.1 Å². The Morgan fingerprint density at radius 3 is 2.25 bits per heavy atom. The standard InChI is InChI=1S/C22H28ClNO4/c1-5-14-11-16(23)12-15(6-2)18(14)19-20(28-13(3)25)22(24-21(19)26)9-7-17(27-4)8-10-22/h11-12,17H,5-10H2,1-4H3,(H,24,26)/t17-,22+. The number of methoxy groups -OCH3 is 1. The van der Waals surface area contributed by atoms with Crippen molar-refractivity contribution in [1.29, 1.82) is 0 Å². The monoisotopic (exact) mass is 405 g/mol. The molecule has 0 aromatic heterocycles. The van der Waals surface area contributed by atoms with E-state index in [2.05, 4.69) is 5.32 Å². The van der Waals surface area contributed by atoms with E-state index in [1.54, 1.807) is 7.11 Å². The van der Waals surface area contributed by atoms with Crippen molar-refractivity contribution in [2.24, 2.45) is 0 Å². The van der Waals surface area contributed by atoms with Crippen molar-refractivity contribution in [3.8, 4) is 0 Å². The highest BCUT2D eigenvalue weighted by atomic mass is 35.5. The SMILES string of the molecule is CCc1cc(Cl)cc(CC)c1C1=C(OC(C)=O)[C@]2(CC[C@H](OC)CC2)NC1=O. The number of esters is 1. The Bertz CT molecular complexity index is 797. The molecular formula is C22H28ClNO4. The summed E-state index contributed by atoms with van der Waals surface area (Å²) < 4.78 is 11.2. The van der Waals surface area contributed by atoms with Gasteiger partial charge >= 0.3 is 5.97 Å². The molecule has 1 aromatic rings. The third-order valence-electron chi connectivity index (χ3n) is 5.89. The van der Waals surface area contributed by atoms with Crippen LogP contribution in [0.5, 0.6) is 0 Å². The Morgan fingerprint density at radius 1 is 1.21 bits per heavy atom.